The lowest BCUT2D eigenvalue weighted by Gasteiger charge is -2.36. The standard InChI is InChI=1S/C25H33N5O3/c31-23(29-16-14-28(15-17-29)22-9-3-4-12-26-22)11-10-19-6-5-13-30(18-19)25(32)24-20-7-1-2-8-21(20)27-33-24/h3-4,9,12,19H,1-2,5-8,10-11,13-18H2/t19-/m0/s1. The first-order valence-electron chi connectivity index (χ1n) is 12.4. The van der Waals surface area contributed by atoms with Gasteiger partial charge in [0.1, 0.15) is 5.82 Å². The molecule has 1 aliphatic carbocycles. The third kappa shape index (κ3) is 4.89. The number of fused-ring (bicyclic) bond motifs is 1. The second kappa shape index (κ2) is 9.93. The lowest BCUT2D eigenvalue weighted by Crippen LogP contribution is -2.49. The molecular formula is C25H33N5O3. The highest BCUT2D eigenvalue weighted by Crippen LogP contribution is 2.28. The molecule has 0 aromatic carbocycles. The summed E-state index contributed by atoms with van der Waals surface area (Å²) in [6.45, 7) is 4.57. The Hall–Kier alpha value is -2.90. The molecule has 33 heavy (non-hydrogen) atoms. The zero-order chi connectivity index (χ0) is 22.6. The Bertz CT molecular complexity index is 968. The summed E-state index contributed by atoms with van der Waals surface area (Å²) in [7, 11) is 0. The average molecular weight is 452 g/mol. The van der Waals surface area contributed by atoms with Crippen LogP contribution in [0.5, 0.6) is 0 Å². The van der Waals surface area contributed by atoms with Gasteiger partial charge in [0.2, 0.25) is 11.7 Å². The van der Waals surface area contributed by atoms with Crippen LogP contribution in [0, 0.1) is 5.92 Å². The molecule has 0 saturated carbocycles. The number of likely N-dealkylation sites (tertiary alicyclic amines) is 1. The first kappa shape index (κ1) is 21.9. The smallest absolute Gasteiger partial charge is 0.292 e. The summed E-state index contributed by atoms with van der Waals surface area (Å²) in [6.07, 6.45) is 9.24. The number of anilines is 1. The number of pyridine rings is 1. The van der Waals surface area contributed by atoms with Crippen LogP contribution in [0.1, 0.15) is 60.3 Å². The van der Waals surface area contributed by atoms with E-state index in [-0.39, 0.29) is 11.8 Å². The maximum atomic E-state index is 13.1. The van der Waals surface area contributed by atoms with E-state index in [0.717, 1.165) is 94.7 Å². The predicted molar refractivity (Wildman–Crippen MR) is 124 cm³/mol. The van der Waals surface area contributed by atoms with Gasteiger partial charge < -0.3 is 19.2 Å². The van der Waals surface area contributed by atoms with Crippen LogP contribution in [-0.2, 0) is 17.6 Å². The number of aryl methyl sites for hydroxylation is 1. The van der Waals surface area contributed by atoms with Crippen LogP contribution in [0.3, 0.4) is 0 Å². The lowest BCUT2D eigenvalue weighted by molar-refractivity contribution is -0.131. The number of hydrogen-bond donors (Lipinski definition) is 0. The molecule has 176 valence electrons. The van der Waals surface area contributed by atoms with Crippen molar-refractivity contribution in [2.24, 2.45) is 5.92 Å². The van der Waals surface area contributed by atoms with E-state index in [1.807, 2.05) is 34.2 Å². The first-order valence-corrected chi connectivity index (χ1v) is 12.4. The van der Waals surface area contributed by atoms with E-state index in [9.17, 15) is 9.59 Å². The van der Waals surface area contributed by atoms with E-state index in [1.165, 1.54) is 0 Å². The molecule has 2 fully saturated rings. The molecule has 0 spiro atoms. The van der Waals surface area contributed by atoms with Gasteiger partial charge in [-0.15, -0.1) is 0 Å². The third-order valence-corrected chi connectivity index (χ3v) is 7.33. The average Bonchev–Trinajstić information content (AvgIpc) is 3.32. The van der Waals surface area contributed by atoms with E-state index in [1.54, 1.807) is 0 Å². The molecule has 5 rings (SSSR count). The van der Waals surface area contributed by atoms with Crippen molar-refractivity contribution < 1.29 is 14.1 Å². The molecule has 2 saturated heterocycles. The second-order valence-electron chi connectivity index (χ2n) is 9.50. The van der Waals surface area contributed by atoms with E-state index < -0.39 is 0 Å². The number of piperidine rings is 1. The van der Waals surface area contributed by atoms with Gasteiger partial charge in [0.15, 0.2) is 0 Å². The summed E-state index contributed by atoms with van der Waals surface area (Å²) in [5, 5.41) is 4.15. The van der Waals surface area contributed by atoms with Gasteiger partial charge in [0.25, 0.3) is 5.91 Å². The first-order chi connectivity index (χ1) is 16.2. The topological polar surface area (TPSA) is 82.8 Å². The van der Waals surface area contributed by atoms with E-state index in [2.05, 4.69) is 15.0 Å². The van der Waals surface area contributed by atoms with Gasteiger partial charge in [0, 0.05) is 57.4 Å². The fraction of sp³-hybridized carbons (Fsp3) is 0.600. The fourth-order valence-electron chi connectivity index (χ4n) is 5.40. The van der Waals surface area contributed by atoms with Crippen molar-refractivity contribution >= 4 is 17.6 Å². The highest BCUT2D eigenvalue weighted by molar-refractivity contribution is 5.93. The normalized spacial score (nSPS) is 21.1. The monoisotopic (exact) mass is 451 g/mol. The molecule has 0 radical (unpaired) electrons. The van der Waals surface area contributed by atoms with Gasteiger partial charge in [-0.05, 0) is 63.0 Å². The third-order valence-electron chi connectivity index (χ3n) is 7.33. The predicted octanol–water partition coefficient (Wildman–Crippen LogP) is 2.93. The summed E-state index contributed by atoms with van der Waals surface area (Å²) >= 11 is 0. The van der Waals surface area contributed by atoms with Gasteiger partial charge in [-0.1, -0.05) is 11.2 Å². The van der Waals surface area contributed by atoms with Crippen molar-refractivity contribution in [2.45, 2.75) is 51.4 Å². The van der Waals surface area contributed by atoms with Crippen LogP contribution >= 0.6 is 0 Å². The Balaban J connectivity index is 1.10. The number of carbonyl (C=O) groups excluding carboxylic acids is 2. The van der Waals surface area contributed by atoms with Gasteiger partial charge in [-0.3, -0.25) is 9.59 Å². The van der Waals surface area contributed by atoms with Crippen molar-refractivity contribution in [2.75, 3.05) is 44.2 Å². The van der Waals surface area contributed by atoms with Crippen LogP contribution in [0.15, 0.2) is 28.9 Å². The maximum Gasteiger partial charge on any atom is 0.292 e. The summed E-state index contributed by atoms with van der Waals surface area (Å²) in [5.74, 6) is 1.99. The molecule has 1 atom stereocenters. The fourth-order valence-corrected chi connectivity index (χ4v) is 5.40. The second-order valence-corrected chi connectivity index (χ2v) is 9.50. The zero-order valence-electron chi connectivity index (χ0n) is 19.2. The number of piperazine rings is 1. The Morgan fingerprint density at radius 2 is 1.85 bits per heavy atom. The molecule has 0 bridgehead atoms. The highest BCUT2D eigenvalue weighted by Gasteiger charge is 2.31. The number of amides is 2. The van der Waals surface area contributed by atoms with Crippen molar-refractivity contribution in [3.05, 3.63) is 41.4 Å². The molecule has 2 aromatic rings. The van der Waals surface area contributed by atoms with Crippen LogP contribution in [0.2, 0.25) is 0 Å². The maximum absolute atomic E-state index is 13.1. The SMILES string of the molecule is O=C(CC[C@@H]1CCCN(C(=O)c2onc3c2CCCC3)C1)N1CCN(c2ccccn2)CC1. The van der Waals surface area contributed by atoms with Crippen molar-refractivity contribution in [1.29, 1.82) is 0 Å². The molecule has 2 aromatic heterocycles. The molecule has 2 aliphatic heterocycles. The number of rotatable bonds is 5. The van der Waals surface area contributed by atoms with Gasteiger partial charge in [-0.2, -0.15) is 0 Å². The number of carbonyl (C=O) groups is 2. The number of aromatic nitrogens is 2. The van der Waals surface area contributed by atoms with E-state index >= 15 is 0 Å². The largest absolute Gasteiger partial charge is 0.353 e. The van der Waals surface area contributed by atoms with E-state index in [0.29, 0.717) is 24.6 Å². The van der Waals surface area contributed by atoms with Crippen LogP contribution < -0.4 is 4.90 Å². The Morgan fingerprint density at radius 3 is 2.67 bits per heavy atom. The minimum Gasteiger partial charge on any atom is -0.353 e. The van der Waals surface area contributed by atoms with Crippen molar-refractivity contribution in [3.8, 4) is 0 Å². The zero-order valence-corrected chi connectivity index (χ0v) is 19.2. The van der Waals surface area contributed by atoms with Crippen molar-refractivity contribution in [3.63, 3.8) is 0 Å². The van der Waals surface area contributed by atoms with Gasteiger partial charge in [-0.25, -0.2) is 4.98 Å². The minimum atomic E-state index is -0.0210. The van der Waals surface area contributed by atoms with Crippen LogP contribution in [-0.4, -0.2) is 71.0 Å². The van der Waals surface area contributed by atoms with Crippen LogP contribution in [0.4, 0.5) is 5.82 Å². The molecule has 2 amide bonds. The van der Waals surface area contributed by atoms with Gasteiger partial charge >= 0.3 is 0 Å². The molecule has 3 aliphatic rings. The van der Waals surface area contributed by atoms with Crippen molar-refractivity contribution in [1.82, 2.24) is 19.9 Å². The van der Waals surface area contributed by atoms with Crippen LogP contribution in [0.25, 0.3) is 0 Å². The quantitative estimate of drug-likeness (QED) is 0.695. The molecule has 8 nitrogen and oxygen atoms in total. The summed E-state index contributed by atoms with van der Waals surface area (Å²) in [4.78, 5) is 36.5. The molecule has 4 heterocycles. The highest BCUT2D eigenvalue weighted by atomic mass is 16.5. The Labute approximate surface area is 194 Å². The summed E-state index contributed by atoms with van der Waals surface area (Å²) in [6, 6.07) is 5.93. The minimum absolute atomic E-state index is 0.0210. The Morgan fingerprint density at radius 1 is 1.00 bits per heavy atom. The summed E-state index contributed by atoms with van der Waals surface area (Å²) in [5.41, 5.74) is 1.99. The molecule has 0 N–H and O–H groups in total. The molecular weight excluding hydrogens is 418 g/mol. The number of hydrogen-bond acceptors (Lipinski definition) is 6. The molecule has 0 unspecified atom stereocenters. The number of nitrogens with zero attached hydrogens (tertiary/aromatic N) is 5. The lowest BCUT2D eigenvalue weighted by atomic mass is 9.92. The van der Waals surface area contributed by atoms with Gasteiger partial charge in [0.05, 0.1) is 5.69 Å². The molecule has 8 heteroatoms. The Kier molecular flexibility index (Phi) is 6.60. The van der Waals surface area contributed by atoms with E-state index in [4.69, 9.17) is 4.52 Å². The summed E-state index contributed by atoms with van der Waals surface area (Å²) < 4.78 is 5.48.